The first-order chi connectivity index (χ1) is 14.8. The molecule has 1 amide bonds. The van der Waals surface area contributed by atoms with Gasteiger partial charge in [-0.1, -0.05) is 12.1 Å². The molecule has 164 valence electrons. The summed E-state index contributed by atoms with van der Waals surface area (Å²) in [7, 11) is 0.298. The number of hydrogen-bond acceptors (Lipinski definition) is 5. The van der Waals surface area contributed by atoms with Crippen LogP contribution in [0, 0.1) is 0 Å². The van der Waals surface area contributed by atoms with Crippen LogP contribution >= 0.6 is 0 Å². The van der Waals surface area contributed by atoms with Crippen LogP contribution in [0.3, 0.4) is 0 Å². The molecule has 1 fully saturated rings. The van der Waals surface area contributed by atoms with Crippen molar-refractivity contribution in [3.8, 4) is 0 Å². The Balaban J connectivity index is 1.76. The van der Waals surface area contributed by atoms with Gasteiger partial charge < -0.3 is 14.5 Å². The van der Waals surface area contributed by atoms with Crippen molar-refractivity contribution in [2.75, 3.05) is 56.7 Å². The maximum Gasteiger partial charge on any atom is 0.258 e. The third kappa shape index (κ3) is 3.98. The number of ether oxygens (including phenoxy) is 1. The van der Waals surface area contributed by atoms with E-state index in [1.165, 1.54) is 4.31 Å². The summed E-state index contributed by atoms with van der Waals surface area (Å²) in [5.74, 6) is -0.116. The van der Waals surface area contributed by atoms with Crippen LogP contribution in [-0.4, -0.2) is 65.6 Å². The summed E-state index contributed by atoms with van der Waals surface area (Å²) >= 11 is 0. The molecule has 2 aliphatic rings. The number of anilines is 2. The minimum Gasteiger partial charge on any atom is -0.379 e. The van der Waals surface area contributed by atoms with Crippen LogP contribution in [-0.2, 0) is 19.6 Å². The van der Waals surface area contributed by atoms with Crippen LogP contribution in [0.1, 0.15) is 18.1 Å². The molecule has 0 N–H and O–H groups in total. The van der Waals surface area contributed by atoms with Crippen molar-refractivity contribution in [3.05, 3.63) is 53.6 Å². The highest BCUT2D eigenvalue weighted by atomic mass is 32.2. The van der Waals surface area contributed by atoms with Crippen molar-refractivity contribution < 1.29 is 17.9 Å². The number of fused-ring (bicyclic) bond motifs is 1. The minimum absolute atomic E-state index is 0.116. The largest absolute Gasteiger partial charge is 0.379 e. The van der Waals surface area contributed by atoms with Gasteiger partial charge in [-0.3, -0.25) is 4.79 Å². The first-order valence-electron chi connectivity index (χ1n) is 10.4. The third-order valence-electron chi connectivity index (χ3n) is 5.67. The first kappa shape index (κ1) is 21.5. The van der Waals surface area contributed by atoms with Crippen LogP contribution < -0.4 is 9.80 Å². The van der Waals surface area contributed by atoms with Gasteiger partial charge >= 0.3 is 0 Å². The van der Waals surface area contributed by atoms with Gasteiger partial charge in [0.2, 0.25) is 10.0 Å². The average Bonchev–Trinajstić information content (AvgIpc) is 3.04. The van der Waals surface area contributed by atoms with Crippen LogP contribution in [0.4, 0.5) is 11.4 Å². The Morgan fingerprint density at radius 3 is 2.35 bits per heavy atom. The fourth-order valence-electron chi connectivity index (χ4n) is 3.92. The van der Waals surface area contributed by atoms with Gasteiger partial charge in [0.1, 0.15) is 0 Å². The lowest BCUT2D eigenvalue weighted by atomic mass is 10.0. The highest BCUT2D eigenvalue weighted by Gasteiger charge is 2.34. The number of carbonyl (C=O) groups is 1. The topological polar surface area (TPSA) is 70.2 Å². The molecule has 0 aromatic heterocycles. The number of sulfonamides is 1. The van der Waals surface area contributed by atoms with E-state index in [4.69, 9.17) is 4.74 Å². The number of benzene rings is 2. The average molecular weight is 442 g/mol. The van der Waals surface area contributed by atoms with E-state index in [2.05, 4.69) is 0 Å². The van der Waals surface area contributed by atoms with E-state index in [-0.39, 0.29) is 10.8 Å². The lowest BCUT2D eigenvalue weighted by molar-refractivity contribution is -0.112. The summed E-state index contributed by atoms with van der Waals surface area (Å²) in [5.41, 5.74) is 3.85. The molecule has 0 spiro atoms. The number of carbonyl (C=O) groups excluding carboxylic acids is 1. The zero-order valence-corrected chi connectivity index (χ0v) is 18.9. The van der Waals surface area contributed by atoms with Gasteiger partial charge in [0.15, 0.2) is 0 Å². The molecule has 0 unspecified atom stereocenters. The molecule has 0 bridgehead atoms. The highest BCUT2D eigenvalue weighted by molar-refractivity contribution is 7.89. The van der Waals surface area contributed by atoms with Crippen LogP contribution in [0.15, 0.2) is 47.4 Å². The van der Waals surface area contributed by atoms with Crippen molar-refractivity contribution >= 4 is 39.0 Å². The standard InChI is InChI=1S/C23H27N3O4S/c1-4-26-22-10-9-19(31(28,29)25-11-13-30-14-12-25)16-20(22)21(23(26)27)15-17-5-7-18(8-6-17)24(2)3/h5-10,15-16H,4,11-14H2,1-3H3. The maximum absolute atomic E-state index is 13.1. The number of amides is 1. The van der Waals surface area contributed by atoms with Gasteiger partial charge in [-0.05, 0) is 48.9 Å². The first-order valence-corrected chi connectivity index (χ1v) is 11.8. The normalized spacial score (nSPS) is 18.5. The minimum atomic E-state index is -3.65. The summed E-state index contributed by atoms with van der Waals surface area (Å²) in [4.78, 5) is 17.0. The van der Waals surface area contributed by atoms with Gasteiger partial charge in [0.25, 0.3) is 5.91 Å². The Morgan fingerprint density at radius 1 is 1.06 bits per heavy atom. The van der Waals surface area contributed by atoms with Gasteiger partial charge in [-0.25, -0.2) is 8.42 Å². The van der Waals surface area contributed by atoms with E-state index in [0.717, 1.165) is 16.9 Å². The second-order valence-electron chi connectivity index (χ2n) is 7.79. The van der Waals surface area contributed by atoms with E-state index in [0.29, 0.717) is 44.0 Å². The molecule has 0 aliphatic carbocycles. The predicted octanol–water partition coefficient (Wildman–Crippen LogP) is 2.68. The zero-order valence-electron chi connectivity index (χ0n) is 18.0. The van der Waals surface area contributed by atoms with E-state index >= 15 is 0 Å². The van der Waals surface area contributed by atoms with Crippen molar-refractivity contribution in [1.82, 2.24) is 4.31 Å². The molecular weight excluding hydrogens is 414 g/mol. The fourth-order valence-corrected chi connectivity index (χ4v) is 5.36. The predicted molar refractivity (Wildman–Crippen MR) is 123 cm³/mol. The summed E-state index contributed by atoms with van der Waals surface area (Å²) in [6, 6.07) is 12.9. The Morgan fingerprint density at radius 2 is 1.74 bits per heavy atom. The Labute approximate surface area is 183 Å². The SMILES string of the molecule is CCN1C(=O)C(=Cc2ccc(N(C)C)cc2)c2cc(S(=O)(=O)N3CCOCC3)ccc21. The van der Waals surface area contributed by atoms with Gasteiger partial charge in [0.05, 0.1) is 23.8 Å². The van der Waals surface area contributed by atoms with Crippen molar-refractivity contribution in [2.24, 2.45) is 0 Å². The molecule has 2 aromatic carbocycles. The molecule has 2 aromatic rings. The number of nitrogens with zero attached hydrogens (tertiary/aromatic N) is 3. The number of morpholine rings is 1. The number of rotatable bonds is 5. The highest BCUT2D eigenvalue weighted by Crippen LogP contribution is 2.39. The smallest absolute Gasteiger partial charge is 0.258 e. The molecule has 4 rings (SSSR count). The molecule has 1 saturated heterocycles. The van der Waals surface area contributed by atoms with Gasteiger partial charge in [-0.2, -0.15) is 4.31 Å². The molecule has 0 atom stereocenters. The fraction of sp³-hybridized carbons (Fsp3) is 0.348. The molecule has 31 heavy (non-hydrogen) atoms. The quantitative estimate of drug-likeness (QED) is 0.668. The summed E-state index contributed by atoms with van der Waals surface area (Å²) in [6.07, 6.45) is 1.83. The lowest BCUT2D eigenvalue weighted by Gasteiger charge is -2.26. The molecule has 0 saturated carbocycles. The van der Waals surface area contributed by atoms with E-state index in [1.54, 1.807) is 23.1 Å². The van der Waals surface area contributed by atoms with Crippen LogP contribution in [0.2, 0.25) is 0 Å². The second-order valence-corrected chi connectivity index (χ2v) is 9.73. The van der Waals surface area contributed by atoms with Gasteiger partial charge in [-0.15, -0.1) is 0 Å². The Bertz CT molecular complexity index is 1120. The Kier molecular flexibility index (Phi) is 5.88. The van der Waals surface area contributed by atoms with Crippen molar-refractivity contribution in [2.45, 2.75) is 11.8 Å². The molecule has 2 aliphatic heterocycles. The molecular formula is C23H27N3O4S. The summed E-state index contributed by atoms with van der Waals surface area (Å²) < 4.78 is 33.0. The summed E-state index contributed by atoms with van der Waals surface area (Å²) in [5, 5.41) is 0. The molecule has 8 heteroatoms. The molecule has 0 radical (unpaired) electrons. The monoisotopic (exact) mass is 441 g/mol. The third-order valence-corrected chi connectivity index (χ3v) is 7.56. The van der Waals surface area contributed by atoms with Crippen molar-refractivity contribution in [3.63, 3.8) is 0 Å². The van der Waals surface area contributed by atoms with E-state index in [9.17, 15) is 13.2 Å². The lowest BCUT2D eigenvalue weighted by Crippen LogP contribution is -2.40. The van der Waals surface area contributed by atoms with Crippen LogP contribution in [0.5, 0.6) is 0 Å². The van der Waals surface area contributed by atoms with Gasteiger partial charge in [0, 0.05) is 50.6 Å². The Hall–Kier alpha value is -2.68. The maximum atomic E-state index is 13.1. The second kappa shape index (κ2) is 8.45. The number of hydrogen-bond donors (Lipinski definition) is 0. The van der Waals surface area contributed by atoms with Crippen LogP contribution in [0.25, 0.3) is 11.6 Å². The van der Waals surface area contributed by atoms with Crippen molar-refractivity contribution in [1.29, 1.82) is 0 Å². The molecule has 7 nitrogen and oxygen atoms in total. The van der Waals surface area contributed by atoms with E-state index < -0.39 is 10.0 Å². The number of likely N-dealkylation sites (N-methyl/N-ethyl adjacent to an activating group) is 1. The zero-order chi connectivity index (χ0) is 22.2. The summed E-state index contributed by atoms with van der Waals surface area (Å²) in [6.45, 7) is 3.87. The molecule has 2 heterocycles. The van der Waals surface area contributed by atoms with E-state index in [1.807, 2.05) is 56.3 Å².